The molecule has 0 spiro atoms. The van der Waals surface area contributed by atoms with Gasteiger partial charge >= 0.3 is 0 Å². The summed E-state index contributed by atoms with van der Waals surface area (Å²) in [6.07, 6.45) is 12.7. The van der Waals surface area contributed by atoms with Gasteiger partial charge in [-0.05, 0) is 30.2 Å². The van der Waals surface area contributed by atoms with E-state index in [0.29, 0.717) is 0 Å². The van der Waals surface area contributed by atoms with E-state index in [1.165, 1.54) is 51.4 Å². The van der Waals surface area contributed by atoms with E-state index in [1.54, 1.807) is 0 Å². The summed E-state index contributed by atoms with van der Waals surface area (Å²) in [5.41, 5.74) is 3.17. The highest BCUT2D eigenvalue weighted by Gasteiger charge is 2.04. The van der Waals surface area contributed by atoms with E-state index in [-0.39, 0.29) is 6.61 Å². The number of rotatable bonds is 11. The van der Waals surface area contributed by atoms with Gasteiger partial charge in [0.25, 0.3) is 0 Å². The molecule has 3 N–H and O–H groups in total. The minimum absolute atomic E-state index is 0.0850. The fourth-order valence-corrected chi connectivity index (χ4v) is 2.97. The zero-order valence-corrected chi connectivity index (χ0v) is 13.8. The van der Waals surface area contributed by atoms with E-state index in [2.05, 4.69) is 29.4 Å². The van der Waals surface area contributed by atoms with E-state index in [4.69, 9.17) is 0 Å². The van der Waals surface area contributed by atoms with Crippen molar-refractivity contribution in [3.05, 3.63) is 30.0 Å². The molecule has 0 aliphatic heterocycles. The van der Waals surface area contributed by atoms with Gasteiger partial charge in [-0.25, -0.2) is 0 Å². The van der Waals surface area contributed by atoms with Gasteiger partial charge in [0.1, 0.15) is 0 Å². The number of anilines is 1. The van der Waals surface area contributed by atoms with Crippen molar-refractivity contribution in [2.45, 2.75) is 64.9 Å². The van der Waals surface area contributed by atoms with Gasteiger partial charge in [0.2, 0.25) is 0 Å². The number of aromatic amines is 1. The van der Waals surface area contributed by atoms with Crippen LogP contribution in [0.25, 0.3) is 10.9 Å². The maximum Gasteiger partial charge on any atom is 0.0689 e. The zero-order chi connectivity index (χ0) is 15.6. The van der Waals surface area contributed by atoms with Gasteiger partial charge in [0.05, 0.1) is 6.61 Å². The Kier molecular flexibility index (Phi) is 7.31. The lowest BCUT2D eigenvalue weighted by molar-refractivity contribution is 0.283. The van der Waals surface area contributed by atoms with Crippen molar-refractivity contribution in [1.82, 2.24) is 4.98 Å². The van der Waals surface area contributed by atoms with Crippen LogP contribution < -0.4 is 5.32 Å². The molecule has 3 nitrogen and oxygen atoms in total. The molecule has 2 aromatic rings. The molecular weight excluding hydrogens is 272 g/mol. The number of nitrogens with one attached hydrogen (secondary N) is 2. The SMILES string of the molecule is CCCCCCCCCCNc1cc(CO)c2cc[nH]c2c1. The van der Waals surface area contributed by atoms with E-state index >= 15 is 0 Å². The molecular formula is C19H30N2O. The summed E-state index contributed by atoms with van der Waals surface area (Å²) in [5.74, 6) is 0. The molecule has 0 saturated carbocycles. The minimum atomic E-state index is 0.0850. The smallest absolute Gasteiger partial charge is 0.0689 e. The highest BCUT2D eigenvalue weighted by atomic mass is 16.3. The molecule has 2 rings (SSSR count). The van der Waals surface area contributed by atoms with E-state index in [9.17, 15) is 5.11 Å². The van der Waals surface area contributed by atoms with Gasteiger partial charge in [0.15, 0.2) is 0 Å². The minimum Gasteiger partial charge on any atom is -0.392 e. The van der Waals surface area contributed by atoms with Crippen LogP contribution >= 0.6 is 0 Å². The van der Waals surface area contributed by atoms with Crippen molar-refractivity contribution in [2.75, 3.05) is 11.9 Å². The summed E-state index contributed by atoms with van der Waals surface area (Å²) in [6.45, 7) is 3.35. The first kappa shape index (κ1) is 16.9. The lowest BCUT2D eigenvalue weighted by atomic mass is 10.1. The number of benzene rings is 1. The third-order valence-electron chi connectivity index (χ3n) is 4.28. The highest BCUT2D eigenvalue weighted by Crippen LogP contribution is 2.23. The van der Waals surface area contributed by atoms with Crippen LogP contribution in [0.15, 0.2) is 24.4 Å². The summed E-state index contributed by atoms with van der Waals surface area (Å²) in [5, 5.41) is 14.1. The van der Waals surface area contributed by atoms with Crippen LogP contribution in [0.1, 0.15) is 63.9 Å². The number of aromatic nitrogens is 1. The summed E-state index contributed by atoms with van der Waals surface area (Å²) >= 11 is 0. The second-order valence-corrected chi connectivity index (χ2v) is 6.13. The largest absolute Gasteiger partial charge is 0.392 e. The number of unbranched alkanes of at least 4 members (excludes halogenated alkanes) is 7. The van der Waals surface area contributed by atoms with Crippen molar-refractivity contribution >= 4 is 16.6 Å². The van der Waals surface area contributed by atoms with Gasteiger partial charge < -0.3 is 15.4 Å². The molecule has 0 fully saturated rings. The third kappa shape index (κ3) is 5.06. The number of hydrogen-bond acceptors (Lipinski definition) is 2. The quantitative estimate of drug-likeness (QED) is 0.499. The Balaban J connectivity index is 1.67. The van der Waals surface area contributed by atoms with Crippen molar-refractivity contribution in [2.24, 2.45) is 0 Å². The maximum atomic E-state index is 9.47. The third-order valence-corrected chi connectivity index (χ3v) is 4.28. The van der Waals surface area contributed by atoms with Crippen LogP contribution in [0, 0.1) is 0 Å². The fourth-order valence-electron chi connectivity index (χ4n) is 2.97. The number of aliphatic hydroxyl groups is 1. The molecule has 1 aromatic heterocycles. The van der Waals surface area contributed by atoms with Crippen molar-refractivity contribution in [3.63, 3.8) is 0 Å². The molecule has 0 atom stereocenters. The first-order valence-corrected chi connectivity index (χ1v) is 8.80. The number of H-pyrrole nitrogens is 1. The van der Waals surface area contributed by atoms with Gasteiger partial charge in [-0.15, -0.1) is 0 Å². The highest BCUT2D eigenvalue weighted by molar-refractivity contribution is 5.86. The normalized spacial score (nSPS) is 11.2. The standard InChI is InChI=1S/C19H30N2O/c1-2-3-4-5-6-7-8-9-11-20-17-13-16(15-22)18-10-12-21-19(18)14-17/h10,12-14,20-22H,2-9,11,15H2,1H3. The molecule has 3 heteroatoms. The van der Waals surface area contributed by atoms with Gasteiger partial charge in [-0.2, -0.15) is 0 Å². The average molecular weight is 302 g/mol. The molecule has 0 aliphatic rings. The maximum absolute atomic E-state index is 9.47. The Morgan fingerprint density at radius 1 is 1.00 bits per heavy atom. The Morgan fingerprint density at radius 3 is 2.45 bits per heavy atom. The predicted octanol–water partition coefficient (Wildman–Crippen LogP) is 5.21. The van der Waals surface area contributed by atoms with Crippen LogP contribution in [-0.2, 0) is 6.61 Å². The van der Waals surface area contributed by atoms with Crippen molar-refractivity contribution in [3.8, 4) is 0 Å². The fraction of sp³-hybridized carbons (Fsp3) is 0.579. The van der Waals surface area contributed by atoms with E-state index in [0.717, 1.165) is 28.7 Å². The molecule has 0 unspecified atom stereocenters. The zero-order valence-electron chi connectivity index (χ0n) is 13.8. The van der Waals surface area contributed by atoms with Crippen LogP contribution in [0.3, 0.4) is 0 Å². The Labute approximate surface area is 134 Å². The first-order valence-electron chi connectivity index (χ1n) is 8.80. The molecule has 0 aliphatic carbocycles. The van der Waals surface area contributed by atoms with E-state index in [1.807, 2.05) is 12.3 Å². The van der Waals surface area contributed by atoms with Gasteiger partial charge in [0, 0.05) is 29.3 Å². The van der Waals surface area contributed by atoms with E-state index < -0.39 is 0 Å². The number of aliphatic hydroxyl groups excluding tert-OH is 1. The summed E-state index contributed by atoms with van der Waals surface area (Å²) in [6, 6.07) is 6.20. The summed E-state index contributed by atoms with van der Waals surface area (Å²) < 4.78 is 0. The Bertz CT molecular complexity index is 547. The van der Waals surface area contributed by atoms with Gasteiger partial charge in [-0.1, -0.05) is 51.9 Å². The topological polar surface area (TPSA) is 48.0 Å². The molecule has 0 bridgehead atoms. The molecule has 1 heterocycles. The molecule has 22 heavy (non-hydrogen) atoms. The average Bonchev–Trinajstić information content (AvgIpc) is 3.01. The molecule has 0 radical (unpaired) electrons. The number of hydrogen-bond donors (Lipinski definition) is 3. The lowest BCUT2D eigenvalue weighted by Crippen LogP contribution is -2.02. The van der Waals surface area contributed by atoms with Crippen LogP contribution in [0.5, 0.6) is 0 Å². The molecule has 0 saturated heterocycles. The second-order valence-electron chi connectivity index (χ2n) is 6.13. The second kappa shape index (κ2) is 9.52. The first-order chi connectivity index (χ1) is 10.8. The number of fused-ring (bicyclic) bond motifs is 1. The van der Waals surface area contributed by atoms with Gasteiger partial charge in [-0.3, -0.25) is 0 Å². The Hall–Kier alpha value is -1.48. The van der Waals surface area contributed by atoms with Crippen LogP contribution in [0.2, 0.25) is 0 Å². The molecule has 0 amide bonds. The monoisotopic (exact) mass is 302 g/mol. The molecule has 122 valence electrons. The Morgan fingerprint density at radius 2 is 1.73 bits per heavy atom. The lowest BCUT2D eigenvalue weighted by Gasteiger charge is -2.09. The van der Waals surface area contributed by atoms with Crippen molar-refractivity contribution in [1.29, 1.82) is 0 Å². The summed E-state index contributed by atoms with van der Waals surface area (Å²) in [7, 11) is 0. The van der Waals surface area contributed by atoms with Crippen LogP contribution in [0.4, 0.5) is 5.69 Å². The van der Waals surface area contributed by atoms with Crippen LogP contribution in [-0.4, -0.2) is 16.6 Å². The summed E-state index contributed by atoms with van der Waals surface area (Å²) in [4.78, 5) is 3.22. The molecule has 1 aromatic carbocycles. The van der Waals surface area contributed by atoms with Crippen molar-refractivity contribution < 1.29 is 5.11 Å². The predicted molar refractivity (Wildman–Crippen MR) is 95.3 cm³/mol.